The van der Waals surface area contributed by atoms with Crippen LogP contribution in [-0.4, -0.2) is 19.2 Å². The molecular weight excluding hydrogens is 236 g/mol. The molecule has 0 spiro atoms. The van der Waals surface area contributed by atoms with E-state index in [0.29, 0.717) is 17.6 Å². The van der Waals surface area contributed by atoms with Crippen LogP contribution in [0.1, 0.15) is 13.3 Å². The lowest BCUT2D eigenvalue weighted by Crippen LogP contribution is -2.16. The van der Waals surface area contributed by atoms with E-state index in [4.69, 9.17) is 0 Å². The molecule has 0 unspecified atom stereocenters. The van der Waals surface area contributed by atoms with Crippen LogP contribution in [0.25, 0.3) is 10.9 Å². The second-order valence-corrected chi connectivity index (χ2v) is 5.64. The van der Waals surface area contributed by atoms with E-state index >= 15 is 0 Å². The van der Waals surface area contributed by atoms with Crippen LogP contribution >= 0.6 is 0 Å². The normalized spacial score (nSPS) is 11.6. The molecule has 90 valence electrons. The van der Waals surface area contributed by atoms with Gasteiger partial charge in [0.1, 0.15) is 0 Å². The first-order chi connectivity index (χ1) is 8.12. The van der Waals surface area contributed by atoms with Gasteiger partial charge in [-0.3, -0.25) is 9.71 Å². The lowest BCUT2D eigenvalue weighted by Gasteiger charge is -2.08. The van der Waals surface area contributed by atoms with Crippen molar-refractivity contribution in [1.82, 2.24) is 4.98 Å². The van der Waals surface area contributed by atoms with Crippen LogP contribution in [0.5, 0.6) is 0 Å². The smallest absolute Gasteiger partial charge is 0.232 e. The maximum absolute atomic E-state index is 11.7. The quantitative estimate of drug-likeness (QED) is 0.906. The summed E-state index contributed by atoms with van der Waals surface area (Å²) in [6, 6.07) is 9.17. The number of rotatable bonds is 4. The Morgan fingerprint density at radius 1 is 1.24 bits per heavy atom. The van der Waals surface area contributed by atoms with Crippen molar-refractivity contribution in [2.45, 2.75) is 13.3 Å². The third-order valence-electron chi connectivity index (χ3n) is 2.37. The van der Waals surface area contributed by atoms with Crippen LogP contribution in [0.4, 0.5) is 5.69 Å². The molecule has 0 saturated heterocycles. The van der Waals surface area contributed by atoms with E-state index in [2.05, 4.69) is 9.71 Å². The standard InChI is InChI=1S/C12H14N2O2S/c1-2-9-17(15,16)14-11-7-3-5-10-6-4-8-13-12(10)11/h3-8,14H,2,9H2,1H3. The fourth-order valence-electron chi connectivity index (χ4n) is 1.67. The van der Waals surface area contributed by atoms with Crippen LogP contribution in [0.15, 0.2) is 36.5 Å². The molecule has 0 aliphatic heterocycles. The Morgan fingerprint density at radius 2 is 2.00 bits per heavy atom. The Balaban J connectivity index is 2.43. The average Bonchev–Trinajstić information content (AvgIpc) is 2.29. The molecule has 0 fully saturated rings. The lowest BCUT2D eigenvalue weighted by atomic mass is 10.2. The summed E-state index contributed by atoms with van der Waals surface area (Å²) < 4.78 is 26.0. The summed E-state index contributed by atoms with van der Waals surface area (Å²) in [4.78, 5) is 4.20. The van der Waals surface area contributed by atoms with E-state index in [0.717, 1.165) is 5.39 Å². The first kappa shape index (κ1) is 11.9. The van der Waals surface area contributed by atoms with Crippen molar-refractivity contribution in [1.29, 1.82) is 0 Å². The minimum atomic E-state index is -3.27. The first-order valence-electron chi connectivity index (χ1n) is 5.46. The molecule has 1 N–H and O–H groups in total. The van der Waals surface area contributed by atoms with E-state index in [1.54, 1.807) is 12.3 Å². The zero-order valence-electron chi connectivity index (χ0n) is 9.55. The summed E-state index contributed by atoms with van der Waals surface area (Å²) in [6.45, 7) is 1.83. The van der Waals surface area contributed by atoms with Gasteiger partial charge in [0.15, 0.2) is 0 Å². The third-order valence-corrected chi connectivity index (χ3v) is 3.85. The van der Waals surface area contributed by atoms with Gasteiger partial charge in [0, 0.05) is 11.6 Å². The number of pyridine rings is 1. The number of hydrogen-bond acceptors (Lipinski definition) is 3. The van der Waals surface area contributed by atoms with Crippen LogP contribution in [0.3, 0.4) is 0 Å². The zero-order chi connectivity index (χ0) is 12.3. The maximum atomic E-state index is 11.7. The van der Waals surface area contributed by atoms with Gasteiger partial charge in [-0.05, 0) is 18.6 Å². The Morgan fingerprint density at radius 3 is 2.76 bits per heavy atom. The number of nitrogens with zero attached hydrogens (tertiary/aromatic N) is 1. The molecule has 2 rings (SSSR count). The molecule has 0 saturated carbocycles. The molecule has 1 aromatic heterocycles. The summed E-state index contributed by atoms with van der Waals surface area (Å²) in [7, 11) is -3.27. The number of anilines is 1. The Kier molecular flexibility index (Phi) is 3.28. The minimum Gasteiger partial charge on any atom is -0.281 e. The van der Waals surface area contributed by atoms with Crippen molar-refractivity contribution in [3.8, 4) is 0 Å². The van der Waals surface area contributed by atoms with E-state index in [9.17, 15) is 8.42 Å². The number of sulfonamides is 1. The average molecular weight is 250 g/mol. The molecule has 17 heavy (non-hydrogen) atoms. The van der Waals surface area contributed by atoms with Crippen LogP contribution in [-0.2, 0) is 10.0 Å². The number of hydrogen-bond donors (Lipinski definition) is 1. The Labute approximate surface area is 101 Å². The molecule has 0 atom stereocenters. The lowest BCUT2D eigenvalue weighted by molar-refractivity contribution is 0.600. The molecule has 5 heteroatoms. The van der Waals surface area contributed by atoms with E-state index in [-0.39, 0.29) is 5.75 Å². The number of para-hydroxylation sites is 1. The molecule has 2 aromatic rings. The van der Waals surface area contributed by atoms with Crippen LogP contribution in [0.2, 0.25) is 0 Å². The summed E-state index contributed by atoms with van der Waals surface area (Å²) in [5, 5.41) is 0.921. The SMILES string of the molecule is CCCS(=O)(=O)Nc1cccc2cccnc12. The molecule has 0 aliphatic rings. The highest BCUT2D eigenvalue weighted by molar-refractivity contribution is 7.92. The maximum Gasteiger partial charge on any atom is 0.232 e. The number of benzene rings is 1. The van der Waals surface area contributed by atoms with Crippen LogP contribution < -0.4 is 4.72 Å². The highest BCUT2D eigenvalue weighted by Crippen LogP contribution is 2.21. The Hall–Kier alpha value is -1.62. The fourth-order valence-corrected chi connectivity index (χ4v) is 2.81. The van der Waals surface area contributed by atoms with E-state index in [1.165, 1.54) is 0 Å². The van der Waals surface area contributed by atoms with Crippen molar-refractivity contribution >= 4 is 26.6 Å². The molecule has 0 radical (unpaired) electrons. The van der Waals surface area contributed by atoms with Gasteiger partial charge in [-0.25, -0.2) is 8.42 Å². The second kappa shape index (κ2) is 4.71. The molecule has 0 aliphatic carbocycles. The molecule has 0 bridgehead atoms. The van der Waals surface area contributed by atoms with Crippen LogP contribution in [0, 0.1) is 0 Å². The fraction of sp³-hybridized carbons (Fsp3) is 0.250. The monoisotopic (exact) mass is 250 g/mol. The van der Waals surface area contributed by atoms with Gasteiger partial charge < -0.3 is 0 Å². The minimum absolute atomic E-state index is 0.121. The predicted octanol–water partition coefficient (Wildman–Crippen LogP) is 2.39. The van der Waals surface area contributed by atoms with Gasteiger partial charge in [-0.15, -0.1) is 0 Å². The van der Waals surface area contributed by atoms with E-state index < -0.39 is 10.0 Å². The van der Waals surface area contributed by atoms with Gasteiger partial charge >= 0.3 is 0 Å². The van der Waals surface area contributed by atoms with Crippen molar-refractivity contribution < 1.29 is 8.42 Å². The number of fused-ring (bicyclic) bond motifs is 1. The van der Waals surface area contributed by atoms with Gasteiger partial charge in [0.2, 0.25) is 10.0 Å². The summed E-state index contributed by atoms with van der Waals surface area (Å²) in [5.74, 6) is 0.121. The highest BCUT2D eigenvalue weighted by atomic mass is 32.2. The van der Waals surface area contributed by atoms with Crippen molar-refractivity contribution in [2.75, 3.05) is 10.5 Å². The first-order valence-corrected chi connectivity index (χ1v) is 7.12. The molecule has 4 nitrogen and oxygen atoms in total. The van der Waals surface area contributed by atoms with Crippen molar-refractivity contribution in [3.05, 3.63) is 36.5 Å². The summed E-state index contributed by atoms with van der Waals surface area (Å²) in [6.07, 6.45) is 2.24. The van der Waals surface area contributed by atoms with Crippen molar-refractivity contribution in [2.24, 2.45) is 0 Å². The van der Waals surface area contributed by atoms with Gasteiger partial charge in [-0.2, -0.15) is 0 Å². The summed E-state index contributed by atoms with van der Waals surface area (Å²) in [5.41, 5.74) is 1.21. The molecule has 1 heterocycles. The van der Waals surface area contributed by atoms with Gasteiger partial charge in [0.25, 0.3) is 0 Å². The van der Waals surface area contributed by atoms with Crippen molar-refractivity contribution in [3.63, 3.8) is 0 Å². The number of aromatic nitrogens is 1. The number of nitrogens with one attached hydrogen (secondary N) is 1. The highest BCUT2D eigenvalue weighted by Gasteiger charge is 2.11. The largest absolute Gasteiger partial charge is 0.281 e. The zero-order valence-corrected chi connectivity index (χ0v) is 10.4. The molecule has 0 amide bonds. The topological polar surface area (TPSA) is 59.1 Å². The van der Waals surface area contributed by atoms with Gasteiger partial charge in [-0.1, -0.05) is 25.1 Å². The molecular formula is C12H14N2O2S. The second-order valence-electron chi connectivity index (χ2n) is 3.80. The molecule has 1 aromatic carbocycles. The predicted molar refractivity (Wildman–Crippen MR) is 69.4 cm³/mol. The van der Waals surface area contributed by atoms with Gasteiger partial charge in [0.05, 0.1) is 17.0 Å². The third kappa shape index (κ3) is 2.74. The Bertz CT molecular complexity index is 618. The van der Waals surface area contributed by atoms with E-state index in [1.807, 2.05) is 31.2 Å². The summed E-state index contributed by atoms with van der Waals surface area (Å²) >= 11 is 0.